The molecule has 7 nitrogen and oxygen atoms in total. The van der Waals surface area contributed by atoms with Gasteiger partial charge >= 0.3 is 0 Å². The summed E-state index contributed by atoms with van der Waals surface area (Å²) in [4.78, 5) is 14.1. The molecule has 1 amide bonds. The van der Waals surface area contributed by atoms with Gasteiger partial charge in [-0.2, -0.15) is 0 Å². The number of fused-ring (bicyclic) bond motifs is 1. The van der Waals surface area contributed by atoms with Crippen molar-refractivity contribution in [2.24, 2.45) is 0 Å². The van der Waals surface area contributed by atoms with E-state index >= 15 is 0 Å². The Hall–Kier alpha value is -2.74. The van der Waals surface area contributed by atoms with Gasteiger partial charge in [-0.3, -0.25) is 9.52 Å². The molecule has 0 bridgehead atoms. The smallest absolute Gasteiger partial charge is 0.261 e. The molecule has 0 radical (unpaired) electrons. The number of anilines is 1. The number of rotatable bonds is 7. The maximum atomic E-state index is 12.7. The summed E-state index contributed by atoms with van der Waals surface area (Å²) in [7, 11) is -2.13. The standard InChI is InChI=1S/C19H22N2O5S/c1-3-4-10-21(2)19(22)14-6-5-7-16(11-14)27(23,24)20-15-8-9-17-18(12-15)26-13-25-17/h5-9,11-12,20H,3-4,10,13H2,1-2H3. The van der Waals surface area contributed by atoms with Gasteiger partial charge in [0, 0.05) is 25.2 Å². The van der Waals surface area contributed by atoms with Gasteiger partial charge in [-0.15, -0.1) is 0 Å². The van der Waals surface area contributed by atoms with Gasteiger partial charge < -0.3 is 14.4 Å². The molecule has 1 aliphatic heterocycles. The number of unbranched alkanes of at least 4 members (excludes halogenated alkanes) is 1. The normalized spacial score (nSPS) is 12.7. The molecule has 0 fully saturated rings. The van der Waals surface area contributed by atoms with E-state index in [-0.39, 0.29) is 17.6 Å². The fraction of sp³-hybridized carbons (Fsp3) is 0.316. The zero-order chi connectivity index (χ0) is 19.4. The average Bonchev–Trinajstić information content (AvgIpc) is 3.13. The summed E-state index contributed by atoms with van der Waals surface area (Å²) in [6.45, 7) is 2.79. The molecule has 27 heavy (non-hydrogen) atoms. The van der Waals surface area contributed by atoms with Gasteiger partial charge in [0.05, 0.1) is 10.6 Å². The van der Waals surface area contributed by atoms with Gasteiger partial charge in [-0.05, 0) is 36.8 Å². The van der Waals surface area contributed by atoms with Crippen LogP contribution in [0.4, 0.5) is 5.69 Å². The quantitative estimate of drug-likeness (QED) is 0.785. The second-order valence-electron chi connectivity index (χ2n) is 6.28. The van der Waals surface area contributed by atoms with Gasteiger partial charge in [0.25, 0.3) is 15.9 Å². The molecule has 0 saturated heterocycles. The van der Waals surface area contributed by atoms with Crippen LogP contribution in [-0.4, -0.2) is 39.6 Å². The Labute approximate surface area is 158 Å². The van der Waals surface area contributed by atoms with E-state index in [4.69, 9.17) is 9.47 Å². The van der Waals surface area contributed by atoms with Gasteiger partial charge in [-0.25, -0.2) is 8.42 Å². The highest BCUT2D eigenvalue weighted by Gasteiger charge is 2.20. The largest absolute Gasteiger partial charge is 0.454 e. The summed E-state index contributed by atoms with van der Waals surface area (Å²) in [5, 5.41) is 0. The molecule has 0 unspecified atom stereocenters. The number of nitrogens with one attached hydrogen (secondary N) is 1. The molecule has 1 aliphatic rings. The lowest BCUT2D eigenvalue weighted by molar-refractivity contribution is 0.0793. The Morgan fingerprint density at radius 1 is 1.15 bits per heavy atom. The minimum Gasteiger partial charge on any atom is -0.454 e. The van der Waals surface area contributed by atoms with Crippen LogP contribution in [0.15, 0.2) is 47.4 Å². The predicted molar refractivity (Wildman–Crippen MR) is 102 cm³/mol. The molecule has 0 spiro atoms. The lowest BCUT2D eigenvalue weighted by atomic mass is 10.2. The van der Waals surface area contributed by atoms with E-state index in [2.05, 4.69) is 4.72 Å². The highest BCUT2D eigenvalue weighted by atomic mass is 32.2. The van der Waals surface area contributed by atoms with E-state index in [0.717, 1.165) is 12.8 Å². The molecule has 3 rings (SSSR count). The van der Waals surface area contributed by atoms with Gasteiger partial charge in [0.1, 0.15) is 0 Å². The first kappa shape index (κ1) is 19.0. The van der Waals surface area contributed by atoms with Crippen molar-refractivity contribution in [1.82, 2.24) is 4.90 Å². The van der Waals surface area contributed by atoms with E-state index in [1.807, 2.05) is 6.92 Å². The third-order valence-corrected chi connectivity index (χ3v) is 5.59. The van der Waals surface area contributed by atoms with Crippen LogP contribution in [0.25, 0.3) is 0 Å². The third-order valence-electron chi connectivity index (χ3n) is 4.21. The first-order valence-corrected chi connectivity index (χ1v) is 10.2. The first-order valence-electron chi connectivity index (χ1n) is 8.68. The number of hydrogen-bond donors (Lipinski definition) is 1. The fourth-order valence-electron chi connectivity index (χ4n) is 2.69. The minimum absolute atomic E-state index is 0.0231. The maximum Gasteiger partial charge on any atom is 0.261 e. The maximum absolute atomic E-state index is 12.7. The number of nitrogens with zero attached hydrogens (tertiary/aromatic N) is 1. The molecule has 1 heterocycles. The second kappa shape index (κ2) is 7.87. The fourth-order valence-corrected chi connectivity index (χ4v) is 3.78. The van der Waals surface area contributed by atoms with E-state index in [1.54, 1.807) is 42.3 Å². The minimum atomic E-state index is -3.85. The molecule has 144 valence electrons. The average molecular weight is 390 g/mol. The summed E-state index contributed by atoms with van der Waals surface area (Å²) in [5.41, 5.74) is 0.693. The molecule has 1 N–H and O–H groups in total. The number of benzene rings is 2. The van der Waals surface area contributed by atoms with Crippen LogP contribution in [0.1, 0.15) is 30.1 Å². The Bertz CT molecular complexity index is 943. The van der Waals surface area contributed by atoms with Crippen molar-refractivity contribution in [3.63, 3.8) is 0 Å². The number of sulfonamides is 1. The van der Waals surface area contributed by atoms with E-state index < -0.39 is 10.0 Å². The van der Waals surface area contributed by atoms with Crippen molar-refractivity contribution >= 4 is 21.6 Å². The molecule has 8 heteroatoms. The van der Waals surface area contributed by atoms with Crippen LogP contribution < -0.4 is 14.2 Å². The third kappa shape index (κ3) is 4.33. The summed E-state index contributed by atoms with van der Waals surface area (Å²) in [5.74, 6) is 0.848. The summed E-state index contributed by atoms with van der Waals surface area (Å²) in [6.07, 6.45) is 1.87. The van der Waals surface area contributed by atoms with Crippen molar-refractivity contribution in [1.29, 1.82) is 0 Å². The van der Waals surface area contributed by atoms with Crippen LogP contribution in [0.2, 0.25) is 0 Å². The molecule has 0 saturated carbocycles. The zero-order valence-electron chi connectivity index (χ0n) is 15.3. The lowest BCUT2D eigenvalue weighted by Crippen LogP contribution is -2.27. The van der Waals surface area contributed by atoms with Crippen LogP contribution in [0.5, 0.6) is 11.5 Å². The Balaban J connectivity index is 1.79. The Morgan fingerprint density at radius 3 is 2.70 bits per heavy atom. The van der Waals surface area contributed by atoms with E-state index in [0.29, 0.717) is 29.3 Å². The lowest BCUT2D eigenvalue weighted by Gasteiger charge is -2.17. The number of hydrogen-bond acceptors (Lipinski definition) is 5. The topological polar surface area (TPSA) is 84.9 Å². The second-order valence-corrected chi connectivity index (χ2v) is 7.96. The number of amides is 1. The zero-order valence-corrected chi connectivity index (χ0v) is 16.1. The monoisotopic (exact) mass is 390 g/mol. The van der Waals surface area contributed by atoms with Crippen molar-refractivity contribution in [3.05, 3.63) is 48.0 Å². The Kier molecular flexibility index (Phi) is 5.55. The van der Waals surface area contributed by atoms with E-state index in [9.17, 15) is 13.2 Å². The number of carbonyl (C=O) groups is 1. The summed E-state index contributed by atoms with van der Waals surface area (Å²) >= 11 is 0. The van der Waals surface area contributed by atoms with Crippen LogP contribution in [-0.2, 0) is 10.0 Å². The number of carbonyl (C=O) groups excluding carboxylic acids is 1. The van der Waals surface area contributed by atoms with Gasteiger partial charge in [0.2, 0.25) is 6.79 Å². The van der Waals surface area contributed by atoms with Crippen molar-refractivity contribution in [2.45, 2.75) is 24.7 Å². The molecule has 0 atom stereocenters. The molecular weight excluding hydrogens is 368 g/mol. The summed E-state index contributed by atoms with van der Waals surface area (Å²) in [6, 6.07) is 10.8. The van der Waals surface area contributed by atoms with Crippen molar-refractivity contribution < 1.29 is 22.7 Å². The van der Waals surface area contributed by atoms with Crippen LogP contribution >= 0.6 is 0 Å². The first-order chi connectivity index (χ1) is 12.9. The molecule has 0 aliphatic carbocycles. The molecule has 2 aromatic rings. The molecule has 0 aromatic heterocycles. The van der Waals surface area contributed by atoms with Crippen LogP contribution in [0, 0.1) is 0 Å². The van der Waals surface area contributed by atoms with Gasteiger partial charge in [0.15, 0.2) is 11.5 Å². The predicted octanol–water partition coefficient (Wildman–Crippen LogP) is 3.09. The van der Waals surface area contributed by atoms with Crippen LogP contribution in [0.3, 0.4) is 0 Å². The molecule has 2 aromatic carbocycles. The highest BCUT2D eigenvalue weighted by Crippen LogP contribution is 2.34. The van der Waals surface area contributed by atoms with Gasteiger partial charge in [-0.1, -0.05) is 19.4 Å². The summed E-state index contributed by atoms with van der Waals surface area (Å²) < 4.78 is 38.4. The van der Waals surface area contributed by atoms with Crippen molar-refractivity contribution in [3.8, 4) is 11.5 Å². The molecular formula is C19H22N2O5S. The number of ether oxygens (including phenoxy) is 2. The SMILES string of the molecule is CCCCN(C)C(=O)c1cccc(S(=O)(=O)Nc2ccc3c(c2)OCO3)c1. The highest BCUT2D eigenvalue weighted by molar-refractivity contribution is 7.92. The van der Waals surface area contributed by atoms with Crippen molar-refractivity contribution in [2.75, 3.05) is 25.1 Å². The Morgan fingerprint density at radius 2 is 1.93 bits per heavy atom. The van der Waals surface area contributed by atoms with E-state index in [1.165, 1.54) is 12.1 Å².